The fourth-order valence-corrected chi connectivity index (χ4v) is 1.87. The third kappa shape index (κ3) is 4.37. The number of carbonyl (C=O) groups excluding carboxylic acids is 1. The normalized spacial score (nSPS) is 12.2. The molecule has 1 atom stereocenters. The van der Waals surface area contributed by atoms with Gasteiger partial charge in [0.2, 0.25) is 5.91 Å². The van der Waals surface area contributed by atoms with Gasteiger partial charge in [-0.15, -0.1) is 0 Å². The van der Waals surface area contributed by atoms with Crippen molar-refractivity contribution < 1.29 is 9.90 Å². The largest absolute Gasteiger partial charge is 0.508 e. The quantitative estimate of drug-likeness (QED) is 0.814. The van der Waals surface area contributed by atoms with E-state index >= 15 is 0 Å². The van der Waals surface area contributed by atoms with Gasteiger partial charge in [0.05, 0.1) is 0 Å². The van der Waals surface area contributed by atoms with Crippen LogP contribution < -0.4 is 10.6 Å². The van der Waals surface area contributed by atoms with E-state index in [0.717, 1.165) is 18.5 Å². The Morgan fingerprint density at radius 2 is 2.22 bits per heavy atom. The topological polar surface area (TPSA) is 66.6 Å². The molecule has 1 aromatic carbocycles. The molecule has 0 aliphatic carbocycles. The van der Waals surface area contributed by atoms with Crippen molar-refractivity contribution >= 4 is 11.6 Å². The van der Waals surface area contributed by atoms with E-state index in [1.807, 2.05) is 19.9 Å². The maximum Gasteiger partial charge on any atom is 0.226 e. The van der Waals surface area contributed by atoms with Crippen LogP contribution in [0.2, 0.25) is 0 Å². The maximum atomic E-state index is 12.1. The summed E-state index contributed by atoms with van der Waals surface area (Å²) >= 11 is 0. The van der Waals surface area contributed by atoms with Crippen LogP contribution in [-0.4, -0.2) is 23.6 Å². The van der Waals surface area contributed by atoms with Crippen LogP contribution in [0.15, 0.2) is 24.3 Å². The molecule has 0 aromatic heterocycles. The lowest BCUT2D eigenvalue weighted by Gasteiger charge is -2.21. The second-order valence-electron chi connectivity index (χ2n) is 4.53. The van der Waals surface area contributed by atoms with Crippen LogP contribution in [0.3, 0.4) is 0 Å². The minimum Gasteiger partial charge on any atom is -0.508 e. The third-order valence-corrected chi connectivity index (χ3v) is 2.81. The monoisotopic (exact) mass is 250 g/mol. The SMILES string of the molecule is CCN(C(=O)CCCC(C)N)c1cccc(O)c1. The predicted octanol–water partition coefficient (Wildman–Crippen LogP) is 2.26. The lowest BCUT2D eigenvalue weighted by atomic mass is 10.1. The highest BCUT2D eigenvalue weighted by Crippen LogP contribution is 2.21. The molecule has 0 heterocycles. The van der Waals surface area contributed by atoms with E-state index in [9.17, 15) is 9.90 Å². The highest BCUT2D eigenvalue weighted by atomic mass is 16.3. The standard InChI is InChI=1S/C14H22N2O2/c1-3-16(12-7-5-8-13(17)10-12)14(18)9-4-6-11(2)15/h5,7-8,10-11,17H,3-4,6,9,15H2,1-2H3. The van der Waals surface area contributed by atoms with E-state index in [-0.39, 0.29) is 17.7 Å². The Morgan fingerprint density at radius 1 is 1.50 bits per heavy atom. The summed E-state index contributed by atoms with van der Waals surface area (Å²) in [5, 5.41) is 9.43. The minimum absolute atomic E-state index is 0.0729. The van der Waals surface area contributed by atoms with Crippen molar-refractivity contribution in [3.05, 3.63) is 24.3 Å². The van der Waals surface area contributed by atoms with Crippen LogP contribution in [0.25, 0.3) is 0 Å². The van der Waals surface area contributed by atoms with E-state index in [4.69, 9.17) is 5.73 Å². The molecule has 4 nitrogen and oxygen atoms in total. The molecule has 0 fully saturated rings. The van der Waals surface area contributed by atoms with E-state index in [1.165, 1.54) is 0 Å². The van der Waals surface area contributed by atoms with E-state index < -0.39 is 0 Å². The van der Waals surface area contributed by atoms with Crippen molar-refractivity contribution in [3.8, 4) is 5.75 Å². The van der Waals surface area contributed by atoms with Crippen LogP contribution >= 0.6 is 0 Å². The molecule has 0 bridgehead atoms. The Bertz CT molecular complexity index is 391. The Balaban J connectivity index is 2.63. The summed E-state index contributed by atoms with van der Waals surface area (Å²) in [6.07, 6.45) is 2.14. The van der Waals surface area contributed by atoms with Crippen LogP contribution in [0.1, 0.15) is 33.1 Å². The average Bonchev–Trinajstić information content (AvgIpc) is 2.29. The van der Waals surface area contributed by atoms with Gasteiger partial charge in [-0.1, -0.05) is 6.07 Å². The molecule has 0 saturated carbocycles. The first-order valence-electron chi connectivity index (χ1n) is 6.39. The van der Waals surface area contributed by atoms with Gasteiger partial charge in [0.15, 0.2) is 0 Å². The van der Waals surface area contributed by atoms with Crippen molar-refractivity contribution in [2.45, 2.75) is 39.2 Å². The van der Waals surface area contributed by atoms with Gasteiger partial charge in [0.1, 0.15) is 5.75 Å². The van der Waals surface area contributed by atoms with Crippen LogP contribution in [-0.2, 0) is 4.79 Å². The van der Waals surface area contributed by atoms with Crippen molar-refractivity contribution in [2.75, 3.05) is 11.4 Å². The molecule has 0 aliphatic rings. The molecule has 0 saturated heterocycles. The predicted molar refractivity (Wildman–Crippen MR) is 73.6 cm³/mol. The molecular formula is C14H22N2O2. The second kappa shape index (κ2) is 7.01. The number of phenols is 1. The number of anilines is 1. The molecule has 3 N–H and O–H groups in total. The fourth-order valence-electron chi connectivity index (χ4n) is 1.87. The molecule has 0 radical (unpaired) electrons. The Labute approximate surface area is 108 Å². The number of nitrogens with zero attached hydrogens (tertiary/aromatic N) is 1. The maximum absolute atomic E-state index is 12.1. The van der Waals surface area contributed by atoms with Gasteiger partial charge in [-0.3, -0.25) is 4.79 Å². The van der Waals surface area contributed by atoms with Gasteiger partial charge in [-0.25, -0.2) is 0 Å². The Hall–Kier alpha value is -1.55. The summed E-state index contributed by atoms with van der Waals surface area (Å²) in [5.41, 5.74) is 6.40. The van der Waals surface area contributed by atoms with E-state index in [0.29, 0.717) is 13.0 Å². The summed E-state index contributed by atoms with van der Waals surface area (Å²) in [6.45, 7) is 4.46. The van der Waals surface area contributed by atoms with Crippen LogP contribution in [0, 0.1) is 0 Å². The first kappa shape index (κ1) is 14.5. The van der Waals surface area contributed by atoms with Crippen molar-refractivity contribution in [1.82, 2.24) is 0 Å². The summed E-state index contributed by atoms with van der Waals surface area (Å²) in [5.74, 6) is 0.248. The molecule has 4 heteroatoms. The number of nitrogens with two attached hydrogens (primary N) is 1. The highest BCUT2D eigenvalue weighted by Gasteiger charge is 2.13. The molecule has 1 amide bonds. The van der Waals surface area contributed by atoms with E-state index in [1.54, 1.807) is 23.1 Å². The van der Waals surface area contributed by atoms with Crippen LogP contribution in [0.5, 0.6) is 5.75 Å². The third-order valence-electron chi connectivity index (χ3n) is 2.81. The molecule has 100 valence electrons. The molecule has 0 aliphatic heterocycles. The lowest BCUT2D eigenvalue weighted by molar-refractivity contribution is -0.118. The zero-order valence-electron chi connectivity index (χ0n) is 11.1. The van der Waals surface area contributed by atoms with E-state index in [2.05, 4.69) is 0 Å². The number of rotatable bonds is 6. The average molecular weight is 250 g/mol. The van der Waals surface area contributed by atoms with Gasteiger partial charge in [-0.05, 0) is 38.8 Å². The first-order chi connectivity index (χ1) is 8.54. The van der Waals surface area contributed by atoms with Crippen molar-refractivity contribution in [3.63, 3.8) is 0 Å². The first-order valence-corrected chi connectivity index (χ1v) is 6.39. The van der Waals surface area contributed by atoms with Gasteiger partial charge in [-0.2, -0.15) is 0 Å². The fraction of sp³-hybridized carbons (Fsp3) is 0.500. The summed E-state index contributed by atoms with van der Waals surface area (Å²) in [6, 6.07) is 6.90. The summed E-state index contributed by atoms with van der Waals surface area (Å²) < 4.78 is 0. The van der Waals surface area contributed by atoms with Gasteiger partial charge in [0, 0.05) is 30.8 Å². The molecule has 1 aromatic rings. The van der Waals surface area contributed by atoms with Crippen LogP contribution in [0.4, 0.5) is 5.69 Å². The number of amides is 1. The molecule has 0 spiro atoms. The lowest BCUT2D eigenvalue weighted by Crippen LogP contribution is -2.30. The Morgan fingerprint density at radius 3 is 2.78 bits per heavy atom. The number of hydrogen-bond donors (Lipinski definition) is 2. The molecule has 1 rings (SSSR count). The molecule has 18 heavy (non-hydrogen) atoms. The smallest absolute Gasteiger partial charge is 0.226 e. The minimum atomic E-state index is 0.0729. The zero-order chi connectivity index (χ0) is 13.5. The van der Waals surface area contributed by atoms with Crippen molar-refractivity contribution in [2.24, 2.45) is 5.73 Å². The van der Waals surface area contributed by atoms with Gasteiger partial charge >= 0.3 is 0 Å². The number of phenolic OH excluding ortho intramolecular Hbond substituents is 1. The second-order valence-corrected chi connectivity index (χ2v) is 4.53. The number of hydrogen-bond acceptors (Lipinski definition) is 3. The number of benzene rings is 1. The van der Waals surface area contributed by atoms with Gasteiger partial charge < -0.3 is 15.7 Å². The Kier molecular flexibility index (Phi) is 5.65. The van der Waals surface area contributed by atoms with Crippen molar-refractivity contribution in [1.29, 1.82) is 0 Å². The molecular weight excluding hydrogens is 228 g/mol. The molecule has 1 unspecified atom stereocenters. The number of carbonyl (C=O) groups is 1. The van der Waals surface area contributed by atoms with Gasteiger partial charge in [0.25, 0.3) is 0 Å². The summed E-state index contributed by atoms with van der Waals surface area (Å²) in [7, 11) is 0. The highest BCUT2D eigenvalue weighted by molar-refractivity contribution is 5.93. The number of aromatic hydroxyl groups is 1. The summed E-state index contributed by atoms with van der Waals surface area (Å²) in [4.78, 5) is 13.8. The zero-order valence-corrected chi connectivity index (χ0v) is 11.1.